The van der Waals surface area contributed by atoms with Crippen molar-refractivity contribution in [1.82, 2.24) is 14.3 Å². The van der Waals surface area contributed by atoms with Gasteiger partial charge < -0.3 is 14.8 Å². The summed E-state index contributed by atoms with van der Waals surface area (Å²) in [6.45, 7) is 1.55. The third kappa shape index (κ3) is 3.70. The van der Waals surface area contributed by atoms with Crippen LogP contribution < -0.4 is 14.8 Å². The van der Waals surface area contributed by atoms with E-state index in [1.807, 2.05) is 0 Å². The minimum absolute atomic E-state index is 0.157. The highest BCUT2D eigenvalue weighted by molar-refractivity contribution is 7.89. The number of aromatic nitrogens is 2. The van der Waals surface area contributed by atoms with Crippen LogP contribution >= 0.6 is 0 Å². The van der Waals surface area contributed by atoms with Crippen molar-refractivity contribution in [3.63, 3.8) is 0 Å². The van der Waals surface area contributed by atoms with Gasteiger partial charge >= 0.3 is 0 Å². The van der Waals surface area contributed by atoms with Gasteiger partial charge in [-0.1, -0.05) is 0 Å². The quantitative estimate of drug-likeness (QED) is 0.830. The predicted molar refractivity (Wildman–Crippen MR) is 99.6 cm³/mol. The van der Waals surface area contributed by atoms with Gasteiger partial charge in [0.05, 0.1) is 18.6 Å². The Kier molecular flexibility index (Phi) is 4.88. The molecule has 0 amide bonds. The monoisotopic (exact) mass is 390 g/mol. The average Bonchev–Trinajstić information content (AvgIpc) is 3.16. The maximum atomic E-state index is 13.0. The van der Waals surface area contributed by atoms with Crippen molar-refractivity contribution < 1.29 is 17.9 Å². The Labute approximate surface area is 158 Å². The first-order chi connectivity index (χ1) is 13.1. The van der Waals surface area contributed by atoms with E-state index in [1.165, 1.54) is 6.33 Å². The standard InChI is InChI=1S/C18H22N4O4S/c1-25-18-11-17(19-12-20-18)21-14-4-7-22(8-5-14)27(23,24)15-2-3-16-13(10-15)6-9-26-16/h2-3,10-12,14H,4-9H2,1H3,(H,19,20,21). The SMILES string of the molecule is COc1cc(NC2CCN(S(=O)(=O)c3ccc4c(c3)CCO4)CC2)ncn1. The van der Waals surface area contributed by atoms with Gasteiger partial charge in [0.25, 0.3) is 0 Å². The molecule has 144 valence electrons. The van der Waals surface area contributed by atoms with Crippen molar-refractivity contribution in [3.05, 3.63) is 36.2 Å². The molecule has 2 aliphatic rings. The van der Waals surface area contributed by atoms with Gasteiger partial charge in [0.15, 0.2) is 0 Å². The summed E-state index contributed by atoms with van der Waals surface area (Å²) in [5.41, 5.74) is 0.963. The average molecular weight is 390 g/mol. The zero-order chi connectivity index (χ0) is 18.9. The van der Waals surface area contributed by atoms with E-state index < -0.39 is 10.0 Å². The second-order valence-corrected chi connectivity index (χ2v) is 8.57. The number of hydrogen-bond donors (Lipinski definition) is 1. The lowest BCUT2D eigenvalue weighted by atomic mass is 10.1. The van der Waals surface area contributed by atoms with E-state index in [1.54, 1.807) is 35.7 Å². The molecule has 0 radical (unpaired) electrons. The third-order valence-corrected chi connectivity index (χ3v) is 6.85. The molecule has 0 saturated carbocycles. The van der Waals surface area contributed by atoms with Crippen LogP contribution in [0.5, 0.6) is 11.6 Å². The maximum absolute atomic E-state index is 13.0. The van der Waals surface area contributed by atoms with Crippen LogP contribution in [0.1, 0.15) is 18.4 Å². The lowest BCUT2D eigenvalue weighted by molar-refractivity contribution is 0.329. The van der Waals surface area contributed by atoms with Crippen molar-refractivity contribution >= 4 is 15.8 Å². The first-order valence-electron chi connectivity index (χ1n) is 8.95. The van der Waals surface area contributed by atoms with Crippen LogP contribution in [0.2, 0.25) is 0 Å². The summed E-state index contributed by atoms with van der Waals surface area (Å²) in [5.74, 6) is 1.96. The lowest BCUT2D eigenvalue weighted by Gasteiger charge is -2.32. The van der Waals surface area contributed by atoms with Crippen LogP contribution in [0, 0.1) is 0 Å². The Morgan fingerprint density at radius 3 is 2.81 bits per heavy atom. The molecule has 0 bridgehead atoms. The molecular formula is C18H22N4O4S. The zero-order valence-corrected chi connectivity index (χ0v) is 15.9. The van der Waals surface area contributed by atoms with Crippen LogP contribution in [0.3, 0.4) is 0 Å². The van der Waals surface area contributed by atoms with Crippen LogP contribution in [0.15, 0.2) is 35.5 Å². The molecule has 0 atom stereocenters. The number of benzene rings is 1. The summed E-state index contributed by atoms with van der Waals surface area (Å²) in [4.78, 5) is 8.51. The number of ether oxygens (including phenoxy) is 2. The number of nitrogens with zero attached hydrogens (tertiary/aromatic N) is 3. The Morgan fingerprint density at radius 2 is 2.04 bits per heavy atom. The molecule has 2 aliphatic heterocycles. The van der Waals surface area contributed by atoms with Crippen molar-refractivity contribution in [2.45, 2.75) is 30.2 Å². The number of methoxy groups -OCH3 is 1. The predicted octanol–water partition coefficient (Wildman–Crippen LogP) is 1.69. The van der Waals surface area contributed by atoms with E-state index in [-0.39, 0.29) is 6.04 Å². The Morgan fingerprint density at radius 1 is 1.22 bits per heavy atom. The Hall–Kier alpha value is -2.39. The summed E-state index contributed by atoms with van der Waals surface area (Å²) in [5, 5.41) is 3.33. The molecule has 0 spiro atoms. The van der Waals surface area contributed by atoms with E-state index in [2.05, 4.69) is 15.3 Å². The van der Waals surface area contributed by atoms with E-state index in [0.717, 1.165) is 17.7 Å². The molecule has 2 aromatic rings. The molecule has 4 rings (SSSR count). The number of fused-ring (bicyclic) bond motifs is 1. The molecule has 1 N–H and O–H groups in total. The molecule has 8 nitrogen and oxygen atoms in total. The summed E-state index contributed by atoms with van der Waals surface area (Å²) in [7, 11) is -1.93. The highest BCUT2D eigenvalue weighted by Crippen LogP contribution is 2.30. The van der Waals surface area contributed by atoms with Gasteiger partial charge in [0, 0.05) is 31.6 Å². The normalized spacial score (nSPS) is 18.0. The minimum atomic E-state index is -3.49. The van der Waals surface area contributed by atoms with Gasteiger partial charge in [0.1, 0.15) is 17.9 Å². The Balaban J connectivity index is 1.41. The lowest BCUT2D eigenvalue weighted by Crippen LogP contribution is -2.42. The largest absolute Gasteiger partial charge is 0.493 e. The van der Waals surface area contributed by atoms with E-state index in [9.17, 15) is 8.42 Å². The van der Waals surface area contributed by atoms with Gasteiger partial charge in [-0.3, -0.25) is 0 Å². The summed E-state index contributed by atoms with van der Waals surface area (Å²) in [6.07, 6.45) is 3.62. The fourth-order valence-corrected chi connectivity index (χ4v) is 4.97. The smallest absolute Gasteiger partial charge is 0.243 e. The minimum Gasteiger partial charge on any atom is -0.493 e. The van der Waals surface area contributed by atoms with Crippen LogP contribution in [-0.4, -0.2) is 55.5 Å². The van der Waals surface area contributed by atoms with E-state index in [4.69, 9.17) is 9.47 Å². The third-order valence-electron chi connectivity index (χ3n) is 4.96. The molecule has 0 aliphatic carbocycles. The molecular weight excluding hydrogens is 368 g/mol. The van der Waals surface area contributed by atoms with Crippen LogP contribution in [0.25, 0.3) is 0 Å². The van der Waals surface area contributed by atoms with Crippen molar-refractivity contribution in [1.29, 1.82) is 0 Å². The number of sulfonamides is 1. The summed E-state index contributed by atoms with van der Waals surface area (Å²) >= 11 is 0. The molecule has 3 heterocycles. The maximum Gasteiger partial charge on any atom is 0.243 e. The number of anilines is 1. The van der Waals surface area contributed by atoms with Gasteiger partial charge in [-0.15, -0.1) is 0 Å². The van der Waals surface area contributed by atoms with Gasteiger partial charge in [-0.05, 0) is 36.6 Å². The number of piperidine rings is 1. The fraction of sp³-hybridized carbons (Fsp3) is 0.444. The Bertz CT molecular complexity index is 927. The van der Waals surface area contributed by atoms with E-state index >= 15 is 0 Å². The van der Waals surface area contributed by atoms with Crippen molar-refractivity contribution in [3.8, 4) is 11.6 Å². The van der Waals surface area contributed by atoms with Crippen LogP contribution in [0.4, 0.5) is 5.82 Å². The fourth-order valence-electron chi connectivity index (χ4n) is 3.45. The molecule has 9 heteroatoms. The van der Waals surface area contributed by atoms with Crippen molar-refractivity contribution in [2.24, 2.45) is 0 Å². The molecule has 1 fully saturated rings. The van der Waals surface area contributed by atoms with E-state index in [0.29, 0.717) is 49.1 Å². The second kappa shape index (κ2) is 7.32. The number of hydrogen-bond acceptors (Lipinski definition) is 7. The molecule has 1 aromatic carbocycles. The summed E-state index contributed by atoms with van der Waals surface area (Å²) < 4.78 is 38.0. The van der Waals surface area contributed by atoms with Gasteiger partial charge in [-0.2, -0.15) is 4.31 Å². The highest BCUT2D eigenvalue weighted by atomic mass is 32.2. The van der Waals surface area contributed by atoms with Gasteiger partial charge in [-0.25, -0.2) is 18.4 Å². The van der Waals surface area contributed by atoms with Crippen molar-refractivity contribution in [2.75, 3.05) is 32.1 Å². The summed E-state index contributed by atoms with van der Waals surface area (Å²) in [6, 6.07) is 7.03. The molecule has 1 aromatic heterocycles. The van der Waals surface area contributed by atoms with Crippen LogP contribution in [-0.2, 0) is 16.4 Å². The highest BCUT2D eigenvalue weighted by Gasteiger charge is 2.30. The molecule has 0 unspecified atom stereocenters. The first kappa shape index (κ1) is 18.0. The number of nitrogens with one attached hydrogen (secondary N) is 1. The topological polar surface area (TPSA) is 93.7 Å². The number of rotatable bonds is 5. The second-order valence-electron chi connectivity index (χ2n) is 6.64. The van der Waals surface area contributed by atoms with Gasteiger partial charge in [0.2, 0.25) is 15.9 Å². The zero-order valence-electron chi connectivity index (χ0n) is 15.1. The molecule has 27 heavy (non-hydrogen) atoms. The first-order valence-corrected chi connectivity index (χ1v) is 10.4. The molecule has 1 saturated heterocycles.